The molecule has 1 aromatic rings. The van der Waals surface area contributed by atoms with Gasteiger partial charge < -0.3 is 5.11 Å². The van der Waals surface area contributed by atoms with Gasteiger partial charge in [0.2, 0.25) is 0 Å². The number of carboxylic acids is 1. The maximum atomic E-state index is 11.3. The lowest BCUT2D eigenvalue weighted by molar-refractivity contribution is -0.0508. The van der Waals surface area contributed by atoms with Crippen LogP contribution in [-0.2, 0) is 5.54 Å². The third-order valence-corrected chi connectivity index (χ3v) is 5.32. The van der Waals surface area contributed by atoms with Gasteiger partial charge in [-0.25, -0.2) is 4.79 Å². The van der Waals surface area contributed by atoms with E-state index in [0.29, 0.717) is 5.69 Å². The molecule has 0 aliphatic heterocycles. The maximum Gasteiger partial charge on any atom is 0.354 e. The first-order valence-electron chi connectivity index (χ1n) is 6.94. The van der Waals surface area contributed by atoms with Crippen molar-refractivity contribution in [2.45, 2.75) is 44.1 Å². The second-order valence-electron chi connectivity index (χ2n) is 6.58. The fourth-order valence-corrected chi connectivity index (χ4v) is 5.17. The standard InChI is InChI=1S/C14H18N2O2/c17-13(18)12-1-2-15-16(12)14-6-9-3-10(7-14)5-11(4-9)8-14/h1-2,9-11H,3-8H2,(H,17,18). The van der Waals surface area contributed by atoms with Gasteiger partial charge >= 0.3 is 5.97 Å². The highest BCUT2D eigenvalue weighted by molar-refractivity contribution is 5.85. The van der Waals surface area contributed by atoms with Gasteiger partial charge in [-0.1, -0.05) is 0 Å². The van der Waals surface area contributed by atoms with E-state index in [2.05, 4.69) is 5.10 Å². The number of carboxylic acid groups (broad SMARTS) is 1. The van der Waals surface area contributed by atoms with Crippen molar-refractivity contribution < 1.29 is 9.90 Å². The molecule has 4 aliphatic rings. The summed E-state index contributed by atoms with van der Waals surface area (Å²) in [5, 5.41) is 13.7. The van der Waals surface area contributed by atoms with Crippen LogP contribution >= 0.6 is 0 Å². The molecule has 0 saturated heterocycles. The SMILES string of the molecule is O=C(O)c1ccnn1C12CC3CC(CC(C3)C1)C2. The summed E-state index contributed by atoms with van der Waals surface area (Å²) < 4.78 is 1.85. The van der Waals surface area contributed by atoms with Crippen molar-refractivity contribution in [1.82, 2.24) is 9.78 Å². The van der Waals surface area contributed by atoms with Crippen LogP contribution in [0.2, 0.25) is 0 Å². The number of aromatic nitrogens is 2. The van der Waals surface area contributed by atoms with Crippen LogP contribution in [0.15, 0.2) is 12.3 Å². The van der Waals surface area contributed by atoms with E-state index in [4.69, 9.17) is 0 Å². The summed E-state index contributed by atoms with van der Waals surface area (Å²) in [6.45, 7) is 0. The van der Waals surface area contributed by atoms with Gasteiger partial charge in [-0.3, -0.25) is 4.68 Å². The molecule has 0 atom stereocenters. The van der Waals surface area contributed by atoms with Crippen molar-refractivity contribution in [3.8, 4) is 0 Å². The predicted octanol–water partition coefficient (Wildman–Crippen LogP) is 2.51. The van der Waals surface area contributed by atoms with Gasteiger partial charge in [0.1, 0.15) is 5.69 Å². The van der Waals surface area contributed by atoms with Crippen LogP contribution in [0.3, 0.4) is 0 Å². The van der Waals surface area contributed by atoms with Crippen LogP contribution in [0, 0.1) is 17.8 Å². The topological polar surface area (TPSA) is 55.1 Å². The first-order valence-corrected chi connectivity index (χ1v) is 6.94. The van der Waals surface area contributed by atoms with Crippen molar-refractivity contribution in [1.29, 1.82) is 0 Å². The maximum absolute atomic E-state index is 11.3. The molecule has 0 spiro atoms. The Balaban J connectivity index is 1.79. The van der Waals surface area contributed by atoms with Gasteiger partial charge in [-0.05, 0) is 62.3 Å². The molecule has 4 aliphatic carbocycles. The van der Waals surface area contributed by atoms with Crippen LogP contribution < -0.4 is 0 Å². The van der Waals surface area contributed by atoms with Crippen molar-refractivity contribution in [2.24, 2.45) is 17.8 Å². The highest BCUT2D eigenvalue weighted by Crippen LogP contribution is 2.58. The second-order valence-corrected chi connectivity index (χ2v) is 6.58. The van der Waals surface area contributed by atoms with Gasteiger partial charge in [0.05, 0.1) is 5.54 Å². The number of rotatable bonds is 2. The van der Waals surface area contributed by atoms with Gasteiger partial charge in [0.25, 0.3) is 0 Å². The number of carbonyl (C=O) groups is 1. The lowest BCUT2D eigenvalue weighted by Crippen LogP contribution is -2.52. The van der Waals surface area contributed by atoms with Crippen LogP contribution in [-0.4, -0.2) is 20.9 Å². The first-order chi connectivity index (χ1) is 8.66. The summed E-state index contributed by atoms with van der Waals surface area (Å²) in [4.78, 5) is 11.3. The molecular formula is C14H18N2O2. The van der Waals surface area contributed by atoms with Crippen LogP contribution in [0.5, 0.6) is 0 Å². The van der Waals surface area contributed by atoms with Gasteiger partial charge in [0, 0.05) is 6.20 Å². The summed E-state index contributed by atoms with van der Waals surface area (Å²) in [5.74, 6) is 1.58. The predicted molar refractivity (Wildman–Crippen MR) is 65.3 cm³/mol. The van der Waals surface area contributed by atoms with E-state index in [1.165, 1.54) is 19.3 Å². The van der Waals surface area contributed by atoms with E-state index in [9.17, 15) is 9.90 Å². The third-order valence-electron chi connectivity index (χ3n) is 5.32. The fraction of sp³-hybridized carbons (Fsp3) is 0.714. The molecule has 96 valence electrons. The van der Waals surface area contributed by atoms with Crippen LogP contribution in [0.4, 0.5) is 0 Å². The van der Waals surface area contributed by atoms with E-state index >= 15 is 0 Å². The third kappa shape index (κ3) is 1.32. The van der Waals surface area contributed by atoms with Gasteiger partial charge in [0.15, 0.2) is 0 Å². The smallest absolute Gasteiger partial charge is 0.354 e. The monoisotopic (exact) mass is 246 g/mol. The lowest BCUT2D eigenvalue weighted by atomic mass is 9.53. The Morgan fingerprint density at radius 2 is 1.78 bits per heavy atom. The van der Waals surface area contributed by atoms with E-state index in [1.54, 1.807) is 12.3 Å². The molecule has 0 aromatic carbocycles. The molecule has 0 unspecified atom stereocenters. The van der Waals surface area contributed by atoms with E-state index in [0.717, 1.165) is 37.0 Å². The Bertz CT molecular complexity index is 470. The quantitative estimate of drug-likeness (QED) is 0.872. The molecule has 4 saturated carbocycles. The minimum atomic E-state index is -0.844. The average Bonchev–Trinajstić information content (AvgIpc) is 2.76. The number of nitrogens with zero attached hydrogens (tertiary/aromatic N) is 2. The molecule has 18 heavy (non-hydrogen) atoms. The molecule has 4 heteroatoms. The van der Waals surface area contributed by atoms with E-state index in [1.807, 2.05) is 4.68 Å². The Kier molecular flexibility index (Phi) is 1.98. The van der Waals surface area contributed by atoms with Gasteiger partial charge in [-0.15, -0.1) is 0 Å². The summed E-state index contributed by atoms with van der Waals surface area (Å²) in [6.07, 6.45) is 9.15. The molecule has 4 nitrogen and oxygen atoms in total. The molecule has 4 bridgehead atoms. The van der Waals surface area contributed by atoms with Crippen molar-refractivity contribution in [3.63, 3.8) is 0 Å². The normalized spacial score (nSPS) is 41.2. The van der Waals surface area contributed by atoms with Crippen LogP contribution in [0.25, 0.3) is 0 Å². The number of hydrogen-bond acceptors (Lipinski definition) is 2. The zero-order chi connectivity index (χ0) is 12.3. The van der Waals surface area contributed by atoms with Crippen molar-refractivity contribution >= 4 is 5.97 Å². The largest absolute Gasteiger partial charge is 0.477 e. The Hall–Kier alpha value is -1.32. The number of aromatic carboxylic acids is 1. The zero-order valence-electron chi connectivity index (χ0n) is 10.4. The summed E-state index contributed by atoms with van der Waals surface area (Å²) in [7, 11) is 0. The molecular weight excluding hydrogens is 228 g/mol. The Labute approximate surface area is 106 Å². The molecule has 1 aromatic heterocycles. The minimum Gasteiger partial charge on any atom is -0.477 e. The van der Waals surface area contributed by atoms with Gasteiger partial charge in [-0.2, -0.15) is 5.10 Å². The highest BCUT2D eigenvalue weighted by atomic mass is 16.4. The fourth-order valence-electron chi connectivity index (χ4n) is 5.17. The molecule has 1 heterocycles. The Morgan fingerprint density at radius 1 is 1.22 bits per heavy atom. The molecule has 0 radical (unpaired) electrons. The zero-order valence-corrected chi connectivity index (χ0v) is 10.4. The van der Waals surface area contributed by atoms with Crippen molar-refractivity contribution in [2.75, 3.05) is 0 Å². The molecule has 1 N–H and O–H groups in total. The van der Waals surface area contributed by atoms with E-state index in [-0.39, 0.29) is 5.54 Å². The summed E-state index contributed by atoms with van der Waals surface area (Å²) in [6, 6.07) is 1.64. The summed E-state index contributed by atoms with van der Waals surface area (Å²) >= 11 is 0. The Morgan fingerprint density at radius 3 is 2.28 bits per heavy atom. The van der Waals surface area contributed by atoms with Crippen molar-refractivity contribution in [3.05, 3.63) is 18.0 Å². The average molecular weight is 246 g/mol. The van der Waals surface area contributed by atoms with Crippen LogP contribution in [0.1, 0.15) is 49.0 Å². The highest BCUT2D eigenvalue weighted by Gasteiger charge is 2.53. The molecule has 4 fully saturated rings. The minimum absolute atomic E-state index is 0.0198. The summed E-state index contributed by atoms with van der Waals surface area (Å²) in [5.41, 5.74) is 0.392. The second kappa shape index (κ2) is 3.37. The number of hydrogen-bond donors (Lipinski definition) is 1. The molecule has 0 amide bonds. The molecule has 5 rings (SSSR count). The lowest BCUT2D eigenvalue weighted by Gasteiger charge is -2.56. The first kappa shape index (κ1) is 10.6. The van der Waals surface area contributed by atoms with E-state index < -0.39 is 5.97 Å².